The summed E-state index contributed by atoms with van der Waals surface area (Å²) in [4.78, 5) is 11.1. The van der Waals surface area contributed by atoms with Crippen LogP contribution >= 0.6 is 0 Å². The highest BCUT2D eigenvalue weighted by Crippen LogP contribution is 2.29. The fraction of sp³-hybridized carbons (Fsp3) is 0.500. The lowest BCUT2D eigenvalue weighted by Gasteiger charge is -2.28. The van der Waals surface area contributed by atoms with Gasteiger partial charge in [0.1, 0.15) is 0 Å². The third kappa shape index (κ3) is 2.71. The van der Waals surface area contributed by atoms with E-state index in [2.05, 4.69) is 5.32 Å². The number of aromatic carboxylic acids is 1. The van der Waals surface area contributed by atoms with Crippen molar-refractivity contribution in [1.29, 1.82) is 0 Å². The molecular weight excluding hydrogens is 230 g/mol. The lowest BCUT2D eigenvalue weighted by atomic mass is 9.97. The number of hydrogen-bond donors (Lipinski definition) is 3. The van der Waals surface area contributed by atoms with E-state index in [0.29, 0.717) is 12.1 Å². The van der Waals surface area contributed by atoms with Crippen LogP contribution in [-0.2, 0) is 6.54 Å². The molecule has 18 heavy (non-hydrogen) atoms. The van der Waals surface area contributed by atoms with E-state index in [1.807, 2.05) is 12.1 Å². The Hall–Kier alpha value is -1.39. The molecule has 4 nitrogen and oxygen atoms in total. The summed E-state index contributed by atoms with van der Waals surface area (Å²) in [5.41, 5.74) is 0.881. The molecule has 0 radical (unpaired) electrons. The molecule has 1 aromatic rings. The Bertz CT molecular complexity index is 425. The number of hydrogen-bond acceptors (Lipinski definition) is 3. The maximum Gasteiger partial charge on any atom is 0.336 e. The molecule has 2 rings (SSSR count). The number of carbonyl (C=O) groups is 1. The smallest absolute Gasteiger partial charge is 0.336 e. The molecule has 3 N–H and O–H groups in total. The standard InChI is InChI=1S/C14H19NO3/c16-10-14(7-3-4-8-14)15-9-11-5-1-2-6-12(11)13(17)18/h1-2,5-6,15-16H,3-4,7-10H2,(H,17,18). The monoisotopic (exact) mass is 249 g/mol. The first-order chi connectivity index (χ1) is 8.67. The van der Waals surface area contributed by atoms with E-state index in [1.165, 1.54) is 0 Å². The molecule has 1 aliphatic carbocycles. The Morgan fingerprint density at radius 1 is 1.28 bits per heavy atom. The molecule has 4 heteroatoms. The van der Waals surface area contributed by atoms with Gasteiger partial charge in [0.15, 0.2) is 0 Å². The maximum absolute atomic E-state index is 11.1. The van der Waals surface area contributed by atoms with Gasteiger partial charge in [-0.2, -0.15) is 0 Å². The Morgan fingerprint density at radius 2 is 1.94 bits per heavy atom. The molecule has 1 saturated carbocycles. The predicted octanol–water partition coefficient (Wildman–Crippen LogP) is 1.78. The molecule has 1 aromatic carbocycles. The van der Waals surface area contributed by atoms with Crippen molar-refractivity contribution in [2.75, 3.05) is 6.61 Å². The van der Waals surface area contributed by atoms with Crippen molar-refractivity contribution in [2.24, 2.45) is 0 Å². The maximum atomic E-state index is 11.1. The van der Waals surface area contributed by atoms with Crippen LogP contribution in [0.15, 0.2) is 24.3 Å². The first-order valence-corrected chi connectivity index (χ1v) is 6.34. The Labute approximate surface area is 107 Å². The molecule has 0 heterocycles. The number of nitrogens with one attached hydrogen (secondary N) is 1. The van der Waals surface area contributed by atoms with Crippen LogP contribution < -0.4 is 5.32 Å². The van der Waals surface area contributed by atoms with E-state index in [-0.39, 0.29) is 12.1 Å². The first-order valence-electron chi connectivity index (χ1n) is 6.34. The number of benzene rings is 1. The molecule has 0 saturated heterocycles. The average molecular weight is 249 g/mol. The van der Waals surface area contributed by atoms with Gasteiger partial charge in [0.25, 0.3) is 0 Å². The van der Waals surface area contributed by atoms with Crippen LogP contribution in [0, 0.1) is 0 Å². The zero-order chi connectivity index (χ0) is 13.0. The SMILES string of the molecule is O=C(O)c1ccccc1CNC1(CO)CCCC1. The summed E-state index contributed by atoms with van der Waals surface area (Å²) in [6.07, 6.45) is 4.15. The van der Waals surface area contributed by atoms with E-state index >= 15 is 0 Å². The molecule has 0 spiro atoms. The summed E-state index contributed by atoms with van der Waals surface area (Å²) in [6, 6.07) is 6.99. The summed E-state index contributed by atoms with van der Waals surface area (Å²) in [5.74, 6) is -0.906. The number of carboxylic acids is 1. The highest BCUT2D eigenvalue weighted by atomic mass is 16.4. The van der Waals surface area contributed by atoms with Gasteiger partial charge in [-0.1, -0.05) is 31.0 Å². The van der Waals surface area contributed by atoms with Crippen molar-refractivity contribution in [2.45, 2.75) is 37.8 Å². The molecule has 0 amide bonds. The highest BCUT2D eigenvalue weighted by molar-refractivity contribution is 5.89. The molecule has 0 bridgehead atoms. The lowest BCUT2D eigenvalue weighted by Crippen LogP contribution is -2.45. The number of aliphatic hydroxyl groups is 1. The quantitative estimate of drug-likeness (QED) is 0.744. The third-order valence-electron chi connectivity index (χ3n) is 3.76. The molecule has 1 fully saturated rings. The zero-order valence-electron chi connectivity index (χ0n) is 10.4. The summed E-state index contributed by atoms with van der Waals surface area (Å²) in [7, 11) is 0. The topological polar surface area (TPSA) is 69.6 Å². The van der Waals surface area contributed by atoms with Gasteiger partial charge in [0.05, 0.1) is 12.2 Å². The van der Waals surface area contributed by atoms with Crippen molar-refractivity contribution in [3.8, 4) is 0 Å². The fourth-order valence-electron chi connectivity index (χ4n) is 2.61. The van der Waals surface area contributed by atoms with Crippen molar-refractivity contribution in [3.63, 3.8) is 0 Å². The largest absolute Gasteiger partial charge is 0.478 e. The average Bonchev–Trinajstić information content (AvgIpc) is 2.86. The Kier molecular flexibility index (Phi) is 3.99. The van der Waals surface area contributed by atoms with Gasteiger partial charge in [0.2, 0.25) is 0 Å². The van der Waals surface area contributed by atoms with E-state index in [9.17, 15) is 9.90 Å². The Morgan fingerprint density at radius 3 is 2.56 bits per heavy atom. The summed E-state index contributed by atoms with van der Waals surface area (Å²) >= 11 is 0. The van der Waals surface area contributed by atoms with Gasteiger partial charge in [-0.15, -0.1) is 0 Å². The van der Waals surface area contributed by atoms with Gasteiger partial charge >= 0.3 is 5.97 Å². The highest BCUT2D eigenvalue weighted by Gasteiger charge is 2.32. The second-order valence-electron chi connectivity index (χ2n) is 4.96. The minimum absolute atomic E-state index is 0.113. The van der Waals surface area contributed by atoms with Crippen LogP contribution in [0.4, 0.5) is 0 Å². The van der Waals surface area contributed by atoms with E-state index < -0.39 is 5.97 Å². The van der Waals surface area contributed by atoms with Crippen molar-refractivity contribution >= 4 is 5.97 Å². The van der Waals surface area contributed by atoms with Gasteiger partial charge in [0, 0.05) is 12.1 Å². The van der Waals surface area contributed by atoms with Crippen molar-refractivity contribution in [1.82, 2.24) is 5.32 Å². The van der Waals surface area contributed by atoms with Crippen molar-refractivity contribution < 1.29 is 15.0 Å². The minimum Gasteiger partial charge on any atom is -0.478 e. The van der Waals surface area contributed by atoms with E-state index in [1.54, 1.807) is 12.1 Å². The van der Waals surface area contributed by atoms with Crippen LogP contribution in [0.25, 0.3) is 0 Å². The Balaban J connectivity index is 2.08. The van der Waals surface area contributed by atoms with E-state index in [4.69, 9.17) is 5.11 Å². The minimum atomic E-state index is -0.906. The second kappa shape index (κ2) is 5.50. The molecule has 0 unspecified atom stereocenters. The second-order valence-corrected chi connectivity index (χ2v) is 4.96. The van der Waals surface area contributed by atoms with Gasteiger partial charge in [-0.3, -0.25) is 0 Å². The van der Waals surface area contributed by atoms with Crippen molar-refractivity contribution in [3.05, 3.63) is 35.4 Å². The molecule has 0 aromatic heterocycles. The molecule has 0 aliphatic heterocycles. The van der Waals surface area contributed by atoms with Crippen LogP contribution in [0.2, 0.25) is 0 Å². The number of aliphatic hydroxyl groups excluding tert-OH is 1. The zero-order valence-corrected chi connectivity index (χ0v) is 10.4. The molecule has 98 valence electrons. The fourth-order valence-corrected chi connectivity index (χ4v) is 2.61. The van der Waals surface area contributed by atoms with E-state index in [0.717, 1.165) is 31.2 Å². The number of rotatable bonds is 5. The van der Waals surface area contributed by atoms with Crippen LogP contribution in [0.5, 0.6) is 0 Å². The van der Waals surface area contributed by atoms with Gasteiger partial charge in [-0.05, 0) is 24.5 Å². The normalized spacial score (nSPS) is 17.8. The number of carboxylic acid groups (broad SMARTS) is 1. The summed E-state index contributed by atoms with van der Waals surface area (Å²) in [5, 5.41) is 21.9. The summed E-state index contributed by atoms with van der Waals surface area (Å²) in [6.45, 7) is 0.602. The van der Waals surface area contributed by atoms with Crippen LogP contribution in [-0.4, -0.2) is 28.3 Å². The summed E-state index contributed by atoms with van der Waals surface area (Å²) < 4.78 is 0. The van der Waals surface area contributed by atoms with Crippen LogP contribution in [0.3, 0.4) is 0 Å². The van der Waals surface area contributed by atoms with Gasteiger partial charge in [-0.25, -0.2) is 4.79 Å². The van der Waals surface area contributed by atoms with Crippen LogP contribution in [0.1, 0.15) is 41.6 Å². The molecule has 0 atom stereocenters. The first kappa shape index (κ1) is 13.1. The predicted molar refractivity (Wildman–Crippen MR) is 68.5 cm³/mol. The van der Waals surface area contributed by atoms with Gasteiger partial charge < -0.3 is 15.5 Å². The molecule has 1 aliphatic rings. The lowest BCUT2D eigenvalue weighted by molar-refractivity contribution is 0.0695. The molecular formula is C14H19NO3. The third-order valence-corrected chi connectivity index (χ3v) is 3.76.